The van der Waals surface area contributed by atoms with Gasteiger partial charge in [0.2, 0.25) is 0 Å². The molecular formula is C21H22F2N2O. The molecule has 2 N–H and O–H groups in total. The molecule has 2 aromatic carbocycles. The Morgan fingerprint density at radius 2 is 1.85 bits per heavy atom. The van der Waals surface area contributed by atoms with Gasteiger partial charge in [0.1, 0.15) is 11.6 Å². The summed E-state index contributed by atoms with van der Waals surface area (Å²) in [6, 6.07) is 11.2. The van der Waals surface area contributed by atoms with Gasteiger partial charge in [-0.25, -0.2) is 8.78 Å². The van der Waals surface area contributed by atoms with Crippen molar-refractivity contribution in [1.82, 2.24) is 9.88 Å². The maximum atomic E-state index is 14.1. The molecule has 1 saturated heterocycles. The molecule has 3 nitrogen and oxygen atoms in total. The molecule has 1 fully saturated rings. The number of benzene rings is 2. The standard InChI is InChI=1S/C21H22F2N2O/c1-14-16-12-15(22)6-7-19(16)24-20(14)13-25-10-8-21(26,9-11-25)17-4-2-3-5-18(17)23/h2-7,12,24,26H,8-11,13H2,1H3. The van der Waals surface area contributed by atoms with Gasteiger partial charge in [0.25, 0.3) is 0 Å². The van der Waals surface area contributed by atoms with Gasteiger partial charge in [0, 0.05) is 41.8 Å². The molecule has 0 bridgehead atoms. The number of piperidine rings is 1. The van der Waals surface area contributed by atoms with Crippen molar-refractivity contribution >= 4 is 10.9 Å². The lowest BCUT2D eigenvalue weighted by Gasteiger charge is -2.38. The third-order valence-corrected chi connectivity index (χ3v) is 5.56. The predicted molar refractivity (Wildman–Crippen MR) is 97.8 cm³/mol. The molecule has 0 saturated carbocycles. The van der Waals surface area contributed by atoms with Crippen molar-refractivity contribution in [2.75, 3.05) is 13.1 Å². The first-order chi connectivity index (χ1) is 12.5. The Morgan fingerprint density at radius 1 is 1.12 bits per heavy atom. The smallest absolute Gasteiger partial charge is 0.129 e. The highest BCUT2D eigenvalue weighted by atomic mass is 19.1. The van der Waals surface area contributed by atoms with Crippen molar-refractivity contribution in [2.24, 2.45) is 0 Å². The van der Waals surface area contributed by atoms with Crippen LogP contribution in [0.4, 0.5) is 8.78 Å². The number of rotatable bonds is 3. The van der Waals surface area contributed by atoms with Crippen LogP contribution in [0, 0.1) is 18.6 Å². The molecule has 0 atom stereocenters. The monoisotopic (exact) mass is 356 g/mol. The van der Waals surface area contributed by atoms with Gasteiger partial charge >= 0.3 is 0 Å². The molecule has 0 aliphatic carbocycles. The summed E-state index contributed by atoms with van der Waals surface area (Å²) in [4.78, 5) is 5.61. The number of hydrogen-bond acceptors (Lipinski definition) is 2. The van der Waals surface area contributed by atoms with E-state index in [0.717, 1.165) is 22.2 Å². The fourth-order valence-corrected chi connectivity index (χ4v) is 3.93. The van der Waals surface area contributed by atoms with Crippen molar-refractivity contribution in [3.05, 3.63) is 70.9 Å². The topological polar surface area (TPSA) is 39.3 Å². The molecule has 136 valence electrons. The number of fused-ring (bicyclic) bond motifs is 1. The fourth-order valence-electron chi connectivity index (χ4n) is 3.93. The van der Waals surface area contributed by atoms with Gasteiger partial charge in [-0.15, -0.1) is 0 Å². The minimum absolute atomic E-state index is 0.237. The Morgan fingerprint density at radius 3 is 2.58 bits per heavy atom. The van der Waals surface area contributed by atoms with E-state index in [0.29, 0.717) is 38.0 Å². The van der Waals surface area contributed by atoms with Crippen LogP contribution in [0.25, 0.3) is 10.9 Å². The van der Waals surface area contributed by atoms with Crippen molar-refractivity contribution < 1.29 is 13.9 Å². The maximum absolute atomic E-state index is 14.1. The van der Waals surface area contributed by atoms with Crippen LogP contribution in [0.15, 0.2) is 42.5 Å². The van der Waals surface area contributed by atoms with E-state index in [1.807, 2.05) is 6.92 Å². The number of nitrogens with zero attached hydrogens (tertiary/aromatic N) is 1. The van der Waals surface area contributed by atoms with Crippen molar-refractivity contribution in [1.29, 1.82) is 0 Å². The van der Waals surface area contributed by atoms with Crippen LogP contribution in [0.1, 0.15) is 29.7 Å². The molecule has 1 aliphatic heterocycles. The number of likely N-dealkylation sites (tertiary alicyclic amines) is 1. The van der Waals surface area contributed by atoms with Crippen molar-refractivity contribution in [3.8, 4) is 0 Å². The largest absolute Gasteiger partial charge is 0.385 e. The summed E-state index contributed by atoms with van der Waals surface area (Å²) < 4.78 is 27.5. The molecule has 26 heavy (non-hydrogen) atoms. The normalized spacial score (nSPS) is 17.7. The van der Waals surface area contributed by atoms with Crippen LogP contribution >= 0.6 is 0 Å². The lowest BCUT2D eigenvalue weighted by atomic mass is 9.84. The molecule has 5 heteroatoms. The van der Waals surface area contributed by atoms with E-state index in [1.54, 1.807) is 30.3 Å². The molecule has 0 radical (unpaired) electrons. The number of halogens is 2. The average Bonchev–Trinajstić information content (AvgIpc) is 2.93. The van der Waals surface area contributed by atoms with Gasteiger partial charge in [0.05, 0.1) is 5.60 Å². The third kappa shape index (κ3) is 3.02. The van der Waals surface area contributed by atoms with Gasteiger partial charge in [-0.1, -0.05) is 18.2 Å². The summed E-state index contributed by atoms with van der Waals surface area (Å²) in [5.41, 5.74) is 2.31. The molecular weight excluding hydrogens is 334 g/mol. The Labute approximate surface area is 151 Å². The number of aromatic amines is 1. The number of aliphatic hydroxyl groups is 1. The molecule has 0 unspecified atom stereocenters. The second-order valence-electron chi connectivity index (χ2n) is 7.21. The number of hydrogen-bond donors (Lipinski definition) is 2. The van der Waals surface area contributed by atoms with E-state index in [1.165, 1.54) is 12.1 Å². The lowest BCUT2D eigenvalue weighted by molar-refractivity contribution is -0.0304. The minimum atomic E-state index is -1.11. The van der Waals surface area contributed by atoms with Crippen LogP contribution in [0.5, 0.6) is 0 Å². The first-order valence-electron chi connectivity index (χ1n) is 8.93. The van der Waals surface area contributed by atoms with Gasteiger partial charge in [-0.2, -0.15) is 0 Å². The molecule has 0 amide bonds. The number of nitrogens with one attached hydrogen (secondary N) is 1. The first-order valence-corrected chi connectivity index (χ1v) is 8.93. The molecule has 4 rings (SSSR count). The highest BCUT2D eigenvalue weighted by Crippen LogP contribution is 2.35. The summed E-state index contributed by atoms with van der Waals surface area (Å²) >= 11 is 0. The quantitative estimate of drug-likeness (QED) is 0.737. The minimum Gasteiger partial charge on any atom is -0.385 e. The van der Waals surface area contributed by atoms with Gasteiger partial charge in [-0.05, 0) is 49.6 Å². The number of aryl methyl sites for hydroxylation is 1. The third-order valence-electron chi connectivity index (χ3n) is 5.56. The summed E-state index contributed by atoms with van der Waals surface area (Å²) in [7, 11) is 0. The SMILES string of the molecule is Cc1c(CN2CCC(O)(c3ccccc3F)CC2)[nH]c2ccc(F)cc12. The van der Waals surface area contributed by atoms with Crippen LogP contribution in [-0.2, 0) is 12.1 Å². The van der Waals surface area contributed by atoms with Gasteiger partial charge in [0.15, 0.2) is 0 Å². The van der Waals surface area contributed by atoms with E-state index in [4.69, 9.17) is 0 Å². The van der Waals surface area contributed by atoms with Gasteiger partial charge in [-0.3, -0.25) is 4.90 Å². The van der Waals surface area contributed by atoms with Gasteiger partial charge < -0.3 is 10.1 Å². The predicted octanol–water partition coefficient (Wildman–Crippen LogP) is 4.24. The van der Waals surface area contributed by atoms with Crippen LogP contribution in [0.3, 0.4) is 0 Å². The zero-order valence-electron chi connectivity index (χ0n) is 14.7. The molecule has 3 aromatic rings. The number of H-pyrrole nitrogens is 1. The highest BCUT2D eigenvalue weighted by Gasteiger charge is 2.36. The zero-order chi connectivity index (χ0) is 18.3. The van der Waals surface area contributed by atoms with Crippen LogP contribution in [0.2, 0.25) is 0 Å². The van der Waals surface area contributed by atoms with Crippen LogP contribution in [-0.4, -0.2) is 28.1 Å². The molecule has 1 aliphatic rings. The maximum Gasteiger partial charge on any atom is 0.129 e. The highest BCUT2D eigenvalue weighted by molar-refractivity contribution is 5.84. The van der Waals surface area contributed by atoms with E-state index in [2.05, 4.69) is 9.88 Å². The van der Waals surface area contributed by atoms with Crippen LogP contribution < -0.4 is 0 Å². The average molecular weight is 356 g/mol. The van der Waals surface area contributed by atoms with E-state index >= 15 is 0 Å². The zero-order valence-corrected chi connectivity index (χ0v) is 14.7. The van der Waals surface area contributed by atoms with E-state index in [-0.39, 0.29) is 11.6 Å². The fraction of sp³-hybridized carbons (Fsp3) is 0.333. The Bertz CT molecular complexity index is 942. The van der Waals surface area contributed by atoms with E-state index < -0.39 is 5.60 Å². The second kappa shape index (κ2) is 6.49. The lowest BCUT2D eigenvalue weighted by Crippen LogP contribution is -2.42. The summed E-state index contributed by atoms with van der Waals surface area (Å²) in [5, 5.41) is 11.8. The second-order valence-corrected chi connectivity index (χ2v) is 7.21. The van der Waals surface area contributed by atoms with Crippen molar-refractivity contribution in [2.45, 2.75) is 31.9 Å². The van der Waals surface area contributed by atoms with Crippen molar-refractivity contribution in [3.63, 3.8) is 0 Å². The Kier molecular flexibility index (Phi) is 4.29. The van der Waals surface area contributed by atoms with E-state index in [9.17, 15) is 13.9 Å². The summed E-state index contributed by atoms with van der Waals surface area (Å²) in [6.45, 7) is 4.05. The molecule has 0 spiro atoms. The Hall–Kier alpha value is -2.24. The summed E-state index contributed by atoms with van der Waals surface area (Å²) in [5.74, 6) is -0.587. The number of aromatic nitrogens is 1. The first kappa shape index (κ1) is 17.2. The summed E-state index contributed by atoms with van der Waals surface area (Å²) in [6.07, 6.45) is 0.976. The molecule has 1 aromatic heterocycles. The molecule has 2 heterocycles. The Balaban J connectivity index is 1.49.